The van der Waals surface area contributed by atoms with Crippen LogP contribution in [0.4, 0.5) is 11.4 Å². The fourth-order valence-corrected chi connectivity index (χ4v) is 2.58. The summed E-state index contributed by atoms with van der Waals surface area (Å²) in [6.07, 6.45) is 1.35. The Labute approximate surface area is 162 Å². The molecule has 0 atom stereocenters. The number of rotatable bonds is 5. The van der Waals surface area contributed by atoms with Gasteiger partial charge in [-0.2, -0.15) is 5.26 Å². The van der Waals surface area contributed by atoms with Crippen LogP contribution >= 0.6 is 27.5 Å². The summed E-state index contributed by atoms with van der Waals surface area (Å²) in [5, 5.41) is 22.7. The molecule has 0 unspecified atom stereocenters. The molecule has 0 spiro atoms. The number of nitro groups is 1. The molecule has 0 aromatic heterocycles. The highest BCUT2D eigenvalue weighted by atomic mass is 79.9. The average Bonchev–Trinajstić information content (AvgIpc) is 2.61. The van der Waals surface area contributed by atoms with E-state index in [9.17, 15) is 20.2 Å². The number of hydrogen-bond acceptors (Lipinski definition) is 5. The molecule has 0 aliphatic heterocycles. The Morgan fingerprint density at radius 1 is 1.38 bits per heavy atom. The number of hydrogen-bond donors (Lipinski definition) is 1. The van der Waals surface area contributed by atoms with E-state index < -0.39 is 10.8 Å². The van der Waals surface area contributed by atoms with Crippen LogP contribution in [0.15, 0.2) is 46.4 Å². The van der Waals surface area contributed by atoms with Crippen molar-refractivity contribution in [3.05, 3.63) is 67.1 Å². The van der Waals surface area contributed by atoms with Crippen LogP contribution in [0.25, 0.3) is 6.08 Å². The topological polar surface area (TPSA) is 105 Å². The molecule has 0 bridgehead atoms. The number of amides is 1. The van der Waals surface area contributed by atoms with E-state index in [1.54, 1.807) is 24.3 Å². The van der Waals surface area contributed by atoms with Crippen molar-refractivity contribution < 1.29 is 14.5 Å². The summed E-state index contributed by atoms with van der Waals surface area (Å²) in [5.41, 5.74) is 0.0942. The summed E-state index contributed by atoms with van der Waals surface area (Å²) < 4.78 is 5.94. The van der Waals surface area contributed by atoms with Gasteiger partial charge < -0.3 is 10.1 Å². The number of halogens is 2. The molecule has 9 heteroatoms. The van der Waals surface area contributed by atoms with Crippen molar-refractivity contribution >= 4 is 50.9 Å². The van der Waals surface area contributed by atoms with Gasteiger partial charge >= 0.3 is 0 Å². The first-order valence-corrected chi connectivity index (χ1v) is 8.23. The molecule has 2 aromatic carbocycles. The number of non-ortho nitro benzene ring substituents is 1. The zero-order chi connectivity index (χ0) is 19.3. The Bertz CT molecular complexity index is 954. The first-order valence-electron chi connectivity index (χ1n) is 7.06. The van der Waals surface area contributed by atoms with E-state index in [1.807, 2.05) is 0 Å². The summed E-state index contributed by atoms with van der Waals surface area (Å²) in [6, 6.07) is 10.5. The summed E-state index contributed by atoms with van der Waals surface area (Å²) in [6.45, 7) is 0. The molecule has 0 saturated carbocycles. The molecule has 26 heavy (non-hydrogen) atoms. The van der Waals surface area contributed by atoms with E-state index in [0.29, 0.717) is 11.3 Å². The SMILES string of the molecule is COc1ccc(Br)cc1C=C(C#N)C(=O)Nc1cc([N+](=O)[O-])ccc1Cl. The third-order valence-electron chi connectivity index (χ3n) is 3.27. The lowest BCUT2D eigenvalue weighted by atomic mass is 10.1. The summed E-state index contributed by atoms with van der Waals surface area (Å²) in [4.78, 5) is 22.6. The van der Waals surface area contributed by atoms with Gasteiger partial charge in [0.05, 0.1) is 22.7 Å². The number of carbonyl (C=O) groups is 1. The summed E-state index contributed by atoms with van der Waals surface area (Å²) in [5.74, 6) is -0.279. The number of nitrogens with one attached hydrogen (secondary N) is 1. The monoisotopic (exact) mass is 435 g/mol. The number of carbonyl (C=O) groups excluding carboxylic acids is 1. The molecular weight excluding hydrogens is 426 g/mol. The lowest BCUT2D eigenvalue weighted by Gasteiger charge is -2.08. The molecule has 0 saturated heterocycles. The third kappa shape index (κ3) is 4.59. The smallest absolute Gasteiger partial charge is 0.271 e. The molecule has 132 valence electrons. The number of nitrogens with zero attached hydrogens (tertiary/aromatic N) is 2. The minimum atomic E-state index is -0.753. The number of nitro benzene ring substituents is 1. The van der Waals surface area contributed by atoms with E-state index in [1.165, 1.54) is 25.3 Å². The lowest BCUT2D eigenvalue weighted by Crippen LogP contribution is -2.14. The average molecular weight is 437 g/mol. The molecule has 2 aromatic rings. The number of ether oxygens (including phenoxy) is 1. The van der Waals surface area contributed by atoms with Crippen LogP contribution in [-0.4, -0.2) is 17.9 Å². The molecule has 2 rings (SSSR count). The van der Waals surface area contributed by atoms with Gasteiger partial charge in [-0.1, -0.05) is 27.5 Å². The second-order valence-corrected chi connectivity index (χ2v) is 6.25. The van der Waals surface area contributed by atoms with Gasteiger partial charge in [-0.25, -0.2) is 0 Å². The van der Waals surface area contributed by atoms with Crippen molar-refractivity contribution in [3.8, 4) is 11.8 Å². The maximum Gasteiger partial charge on any atom is 0.271 e. The predicted octanol–water partition coefficient (Wildman–Crippen LogP) is 4.56. The lowest BCUT2D eigenvalue weighted by molar-refractivity contribution is -0.384. The minimum absolute atomic E-state index is 0.0354. The van der Waals surface area contributed by atoms with Gasteiger partial charge in [0.25, 0.3) is 11.6 Å². The summed E-state index contributed by atoms with van der Waals surface area (Å²) in [7, 11) is 1.47. The third-order valence-corrected chi connectivity index (χ3v) is 4.09. The van der Waals surface area contributed by atoms with E-state index >= 15 is 0 Å². The number of benzene rings is 2. The predicted molar refractivity (Wildman–Crippen MR) is 101 cm³/mol. The Morgan fingerprint density at radius 3 is 2.73 bits per heavy atom. The zero-order valence-electron chi connectivity index (χ0n) is 13.3. The number of nitriles is 1. The van der Waals surface area contributed by atoms with E-state index in [-0.39, 0.29) is 22.0 Å². The van der Waals surface area contributed by atoms with E-state index in [0.717, 1.165) is 10.5 Å². The highest BCUT2D eigenvalue weighted by Crippen LogP contribution is 2.28. The van der Waals surface area contributed by atoms with Crippen molar-refractivity contribution in [2.24, 2.45) is 0 Å². The van der Waals surface area contributed by atoms with Crippen LogP contribution in [0.3, 0.4) is 0 Å². The quantitative estimate of drug-likeness (QED) is 0.320. The normalized spacial score (nSPS) is 10.8. The van der Waals surface area contributed by atoms with Crippen LogP contribution in [0.2, 0.25) is 5.02 Å². The maximum atomic E-state index is 12.4. The van der Waals surface area contributed by atoms with Crippen LogP contribution < -0.4 is 10.1 Å². The number of methoxy groups -OCH3 is 1. The van der Waals surface area contributed by atoms with Crippen LogP contribution in [0.1, 0.15) is 5.56 Å². The molecule has 1 N–H and O–H groups in total. The van der Waals surface area contributed by atoms with Gasteiger partial charge in [0.2, 0.25) is 0 Å². The van der Waals surface area contributed by atoms with Gasteiger partial charge in [-0.3, -0.25) is 14.9 Å². The molecule has 0 heterocycles. The largest absolute Gasteiger partial charge is 0.496 e. The first kappa shape index (κ1) is 19.4. The van der Waals surface area contributed by atoms with Crippen LogP contribution in [0, 0.1) is 21.4 Å². The second-order valence-electron chi connectivity index (χ2n) is 4.93. The van der Waals surface area contributed by atoms with Gasteiger partial charge in [0.1, 0.15) is 17.4 Å². The Hall–Kier alpha value is -2.89. The molecular formula is C17H11BrClN3O4. The second kappa shape index (κ2) is 8.47. The molecule has 0 fully saturated rings. The Kier molecular flexibility index (Phi) is 6.33. The molecule has 0 radical (unpaired) electrons. The molecule has 1 amide bonds. The Balaban J connectivity index is 2.36. The number of anilines is 1. The van der Waals surface area contributed by atoms with Crippen molar-refractivity contribution in [1.82, 2.24) is 0 Å². The van der Waals surface area contributed by atoms with E-state index in [4.69, 9.17) is 16.3 Å². The molecule has 0 aliphatic carbocycles. The van der Waals surface area contributed by atoms with Gasteiger partial charge in [0, 0.05) is 22.2 Å². The minimum Gasteiger partial charge on any atom is -0.496 e. The first-order chi connectivity index (χ1) is 12.3. The molecule has 7 nitrogen and oxygen atoms in total. The highest BCUT2D eigenvalue weighted by Gasteiger charge is 2.16. The maximum absolute atomic E-state index is 12.4. The van der Waals surface area contributed by atoms with Crippen molar-refractivity contribution in [2.45, 2.75) is 0 Å². The van der Waals surface area contributed by atoms with Crippen molar-refractivity contribution in [3.63, 3.8) is 0 Å². The van der Waals surface area contributed by atoms with Gasteiger partial charge in [-0.15, -0.1) is 0 Å². The fourth-order valence-electron chi connectivity index (χ4n) is 2.03. The van der Waals surface area contributed by atoms with Gasteiger partial charge in [0.15, 0.2) is 0 Å². The van der Waals surface area contributed by atoms with Crippen LogP contribution in [-0.2, 0) is 4.79 Å². The Morgan fingerprint density at radius 2 is 2.12 bits per heavy atom. The van der Waals surface area contributed by atoms with Gasteiger partial charge in [-0.05, 0) is 30.3 Å². The van der Waals surface area contributed by atoms with Crippen molar-refractivity contribution in [2.75, 3.05) is 12.4 Å². The van der Waals surface area contributed by atoms with Crippen LogP contribution in [0.5, 0.6) is 5.75 Å². The van der Waals surface area contributed by atoms with E-state index in [2.05, 4.69) is 21.2 Å². The zero-order valence-corrected chi connectivity index (χ0v) is 15.7. The molecule has 0 aliphatic rings. The van der Waals surface area contributed by atoms with Crippen molar-refractivity contribution in [1.29, 1.82) is 5.26 Å². The summed E-state index contributed by atoms with van der Waals surface area (Å²) >= 11 is 9.27. The highest BCUT2D eigenvalue weighted by molar-refractivity contribution is 9.10. The fraction of sp³-hybridized carbons (Fsp3) is 0.0588. The standard InChI is InChI=1S/C17H11BrClN3O4/c1-26-16-5-2-12(18)7-10(16)6-11(9-20)17(23)21-15-8-13(22(24)25)3-4-14(15)19/h2-8H,1H3,(H,21,23).